The van der Waals surface area contributed by atoms with Gasteiger partial charge in [-0.25, -0.2) is 4.39 Å². The molecule has 4 nitrogen and oxygen atoms in total. The maximum Gasteiger partial charge on any atom is 0.256 e. The van der Waals surface area contributed by atoms with Gasteiger partial charge in [0, 0.05) is 18.4 Å². The topological polar surface area (TPSA) is 68.1 Å². The second-order valence-electron chi connectivity index (χ2n) is 5.25. The molecule has 0 saturated heterocycles. The molecule has 0 saturated carbocycles. The molecule has 3 rings (SSSR count). The van der Waals surface area contributed by atoms with Crippen LogP contribution < -0.4 is 16.0 Å². The molecular weight excluding hydrogens is 295 g/mol. The fraction of sp³-hybridized carbons (Fsp3) is 0.167. The smallest absolute Gasteiger partial charge is 0.256 e. The molecule has 0 radical (unpaired) electrons. The van der Waals surface area contributed by atoms with Crippen molar-refractivity contribution in [2.24, 2.45) is 5.73 Å². The van der Waals surface area contributed by atoms with Crippen molar-refractivity contribution < 1.29 is 9.13 Å². The number of nitrogens with two attached hydrogens (primary N) is 1. The molecule has 23 heavy (non-hydrogen) atoms. The first-order chi connectivity index (χ1) is 11.2. The molecule has 0 unspecified atom stereocenters. The molecular formula is C18H17FN2O2. The zero-order valence-corrected chi connectivity index (χ0v) is 12.5. The van der Waals surface area contributed by atoms with E-state index in [1.807, 2.05) is 30.3 Å². The maximum atomic E-state index is 13.4. The van der Waals surface area contributed by atoms with Crippen molar-refractivity contribution in [3.8, 4) is 5.75 Å². The van der Waals surface area contributed by atoms with Gasteiger partial charge in [0.15, 0.2) is 0 Å². The van der Waals surface area contributed by atoms with Crippen LogP contribution in [0.2, 0.25) is 0 Å². The summed E-state index contributed by atoms with van der Waals surface area (Å²) >= 11 is 0. The number of halogens is 1. The Kier molecular flexibility index (Phi) is 4.39. The first-order valence-corrected chi connectivity index (χ1v) is 7.40. The Balaban J connectivity index is 2.15. The van der Waals surface area contributed by atoms with E-state index < -0.39 is 5.82 Å². The molecule has 118 valence electrons. The summed E-state index contributed by atoms with van der Waals surface area (Å²) in [6, 6.07) is 13.9. The zero-order valence-electron chi connectivity index (χ0n) is 12.5. The predicted octanol–water partition coefficient (Wildman–Crippen LogP) is 2.60. The van der Waals surface area contributed by atoms with Gasteiger partial charge in [-0.1, -0.05) is 30.3 Å². The van der Waals surface area contributed by atoms with Crippen LogP contribution in [-0.4, -0.2) is 18.1 Å². The van der Waals surface area contributed by atoms with E-state index in [0.717, 1.165) is 5.56 Å². The van der Waals surface area contributed by atoms with Crippen molar-refractivity contribution in [1.29, 1.82) is 0 Å². The Labute approximate surface area is 132 Å². The van der Waals surface area contributed by atoms with Crippen molar-refractivity contribution in [3.63, 3.8) is 0 Å². The molecule has 2 aromatic carbocycles. The van der Waals surface area contributed by atoms with Crippen LogP contribution in [0.4, 0.5) is 4.39 Å². The van der Waals surface area contributed by atoms with Gasteiger partial charge in [-0.2, -0.15) is 0 Å². The van der Waals surface area contributed by atoms with Gasteiger partial charge in [0.05, 0.1) is 11.1 Å². The highest BCUT2D eigenvalue weighted by molar-refractivity contribution is 5.88. The summed E-state index contributed by atoms with van der Waals surface area (Å²) in [6.45, 7) is 0.674. The van der Waals surface area contributed by atoms with Crippen LogP contribution in [0.15, 0.2) is 53.3 Å². The first-order valence-electron chi connectivity index (χ1n) is 7.40. The quantitative estimate of drug-likeness (QED) is 0.761. The summed E-state index contributed by atoms with van der Waals surface area (Å²) in [5.41, 5.74) is 6.90. The van der Waals surface area contributed by atoms with Gasteiger partial charge in [0.2, 0.25) is 0 Å². The summed E-state index contributed by atoms with van der Waals surface area (Å²) < 4.78 is 19.2. The van der Waals surface area contributed by atoms with Gasteiger partial charge in [-0.3, -0.25) is 4.79 Å². The molecule has 0 aliphatic heterocycles. The van der Waals surface area contributed by atoms with Gasteiger partial charge in [-0.15, -0.1) is 0 Å². The molecule has 0 spiro atoms. The lowest BCUT2D eigenvalue weighted by atomic mass is 10.0. The summed E-state index contributed by atoms with van der Waals surface area (Å²) in [6.07, 6.45) is 0.517. The molecule has 1 aromatic heterocycles. The normalized spacial score (nSPS) is 10.9. The molecule has 0 aliphatic rings. The highest BCUT2D eigenvalue weighted by Gasteiger charge is 2.14. The van der Waals surface area contributed by atoms with Crippen LogP contribution in [0.25, 0.3) is 10.8 Å². The minimum atomic E-state index is -0.455. The van der Waals surface area contributed by atoms with E-state index in [0.29, 0.717) is 36.4 Å². The van der Waals surface area contributed by atoms with Crippen molar-refractivity contribution in [2.45, 2.75) is 6.42 Å². The third kappa shape index (κ3) is 3.24. The number of hydrogen-bond donors (Lipinski definition) is 2. The third-order valence-corrected chi connectivity index (χ3v) is 3.60. The van der Waals surface area contributed by atoms with Gasteiger partial charge in [0.1, 0.15) is 18.2 Å². The highest BCUT2D eigenvalue weighted by Crippen LogP contribution is 2.28. The Morgan fingerprint density at radius 2 is 1.87 bits per heavy atom. The van der Waals surface area contributed by atoms with E-state index in [-0.39, 0.29) is 10.9 Å². The zero-order chi connectivity index (χ0) is 16.2. The SMILES string of the molecule is NCCOc1c(Cc2ccccc2)[nH]c(=O)c2cc(F)ccc12. The van der Waals surface area contributed by atoms with Crippen LogP contribution in [-0.2, 0) is 6.42 Å². The Hall–Kier alpha value is -2.66. The second-order valence-corrected chi connectivity index (χ2v) is 5.25. The van der Waals surface area contributed by atoms with Crippen molar-refractivity contribution in [2.75, 3.05) is 13.2 Å². The number of pyridine rings is 1. The lowest BCUT2D eigenvalue weighted by Gasteiger charge is -2.14. The van der Waals surface area contributed by atoms with E-state index >= 15 is 0 Å². The molecule has 0 atom stereocenters. The summed E-state index contributed by atoms with van der Waals surface area (Å²) in [7, 11) is 0. The fourth-order valence-corrected chi connectivity index (χ4v) is 2.58. The maximum absolute atomic E-state index is 13.4. The lowest BCUT2D eigenvalue weighted by molar-refractivity contribution is 0.327. The monoisotopic (exact) mass is 312 g/mol. The van der Waals surface area contributed by atoms with Gasteiger partial charge >= 0.3 is 0 Å². The van der Waals surface area contributed by atoms with Crippen molar-refractivity contribution in [1.82, 2.24) is 4.98 Å². The number of H-pyrrole nitrogens is 1. The number of rotatable bonds is 5. The minimum absolute atomic E-state index is 0.272. The molecule has 0 aliphatic carbocycles. The van der Waals surface area contributed by atoms with Crippen LogP contribution in [0, 0.1) is 5.82 Å². The van der Waals surface area contributed by atoms with E-state index in [4.69, 9.17) is 10.5 Å². The largest absolute Gasteiger partial charge is 0.490 e. The Bertz CT molecular complexity index is 875. The van der Waals surface area contributed by atoms with Crippen LogP contribution in [0.1, 0.15) is 11.3 Å². The number of fused-ring (bicyclic) bond motifs is 1. The van der Waals surface area contributed by atoms with Gasteiger partial charge < -0.3 is 15.5 Å². The summed E-state index contributed by atoms with van der Waals surface area (Å²) in [5.74, 6) is 0.0949. The van der Waals surface area contributed by atoms with Crippen molar-refractivity contribution >= 4 is 10.8 Å². The van der Waals surface area contributed by atoms with Crippen molar-refractivity contribution in [3.05, 3.63) is 76.0 Å². The molecule has 3 aromatic rings. The molecule has 0 fully saturated rings. The molecule has 1 heterocycles. The van der Waals surface area contributed by atoms with E-state index in [2.05, 4.69) is 4.98 Å². The average molecular weight is 312 g/mol. The Morgan fingerprint density at radius 3 is 2.61 bits per heavy atom. The highest BCUT2D eigenvalue weighted by atomic mass is 19.1. The van der Waals surface area contributed by atoms with Gasteiger partial charge in [-0.05, 0) is 23.8 Å². The lowest BCUT2D eigenvalue weighted by Crippen LogP contribution is -2.16. The van der Waals surface area contributed by atoms with Crippen LogP contribution in [0.5, 0.6) is 5.75 Å². The molecule has 0 amide bonds. The fourth-order valence-electron chi connectivity index (χ4n) is 2.58. The third-order valence-electron chi connectivity index (χ3n) is 3.60. The molecule has 3 N–H and O–H groups in total. The van der Waals surface area contributed by atoms with Crippen LogP contribution >= 0.6 is 0 Å². The summed E-state index contributed by atoms with van der Waals surface area (Å²) in [4.78, 5) is 15.1. The number of aromatic nitrogens is 1. The number of nitrogens with one attached hydrogen (secondary N) is 1. The molecule has 5 heteroatoms. The number of aromatic amines is 1. The number of hydrogen-bond acceptors (Lipinski definition) is 3. The van der Waals surface area contributed by atoms with Crippen LogP contribution in [0.3, 0.4) is 0 Å². The standard InChI is InChI=1S/C18H17FN2O2/c19-13-6-7-14-15(11-13)18(22)21-16(17(14)23-9-8-20)10-12-4-2-1-3-5-12/h1-7,11H,8-10,20H2,(H,21,22). The predicted molar refractivity (Wildman–Crippen MR) is 88.3 cm³/mol. The van der Waals surface area contributed by atoms with E-state index in [1.165, 1.54) is 12.1 Å². The average Bonchev–Trinajstić information content (AvgIpc) is 2.56. The first kappa shape index (κ1) is 15.2. The number of ether oxygens (including phenoxy) is 1. The van der Waals surface area contributed by atoms with Gasteiger partial charge in [0.25, 0.3) is 5.56 Å². The van der Waals surface area contributed by atoms with E-state index in [9.17, 15) is 9.18 Å². The van der Waals surface area contributed by atoms with E-state index in [1.54, 1.807) is 6.07 Å². The second kappa shape index (κ2) is 6.62. The number of benzene rings is 2. The molecule has 0 bridgehead atoms. The Morgan fingerprint density at radius 1 is 1.09 bits per heavy atom. The minimum Gasteiger partial charge on any atom is -0.490 e. The summed E-state index contributed by atoms with van der Waals surface area (Å²) in [5, 5.41) is 0.864.